The van der Waals surface area contributed by atoms with Gasteiger partial charge in [-0.2, -0.15) is 5.10 Å². The second-order valence-corrected chi connectivity index (χ2v) is 4.35. The van der Waals surface area contributed by atoms with Crippen molar-refractivity contribution in [3.8, 4) is 0 Å². The van der Waals surface area contributed by atoms with Crippen LogP contribution in [0.25, 0.3) is 0 Å². The highest BCUT2D eigenvalue weighted by Crippen LogP contribution is 2.08. The van der Waals surface area contributed by atoms with Crippen molar-refractivity contribution in [2.24, 2.45) is 10.2 Å². The van der Waals surface area contributed by atoms with E-state index < -0.39 is 0 Å². The first-order valence-electron chi connectivity index (χ1n) is 5.01. The third-order valence-corrected chi connectivity index (χ3v) is 2.97. The fourth-order valence-corrected chi connectivity index (χ4v) is 1.87. The van der Waals surface area contributed by atoms with E-state index in [4.69, 9.17) is 5.11 Å². The number of amidine groups is 1. The Morgan fingerprint density at radius 2 is 2.18 bits per heavy atom. The van der Waals surface area contributed by atoms with Crippen LogP contribution in [0.15, 0.2) is 34.5 Å². The van der Waals surface area contributed by atoms with Gasteiger partial charge in [0.1, 0.15) is 0 Å². The molecule has 0 spiro atoms. The predicted molar refractivity (Wildman–Crippen MR) is 68.0 cm³/mol. The Bertz CT molecular complexity index is 468. The minimum absolute atomic E-state index is 0.0302. The van der Waals surface area contributed by atoms with Gasteiger partial charge < -0.3 is 10.4 Å². The van der Waals surface area contributed by atoms with Crippen LogP contribution in [-0.2, 0) is 11.4 Å². The molecule has 0 bridgehead atoms. The van der Waals surface area contributed by atoms with E-state index in [1.165, 1.54) is 11.8 Å². The number of nitrogens with one attached hydrogen (secondary N) is 1. The van der Waals surface area contributed by atoms with Crippen molar-refractivity contribution >= 4 is 29.1 Å². The summed E-state index contributed by atoms with van der Waals surface area (Å²) in [5.41, 5.74) is 1.74. The molecule has 88 valence electrons. The molecule has 1 aromatic carbocycles. The summed E-state index contributed by atoms with van der Waals surface area (Å²) in [7, 11) is 0. The Hall–Kier alpha value is -1.66. The van der Waals surface area contributed by atoms with Gasteiger partial charge in [0.2, 0.25) is 5.91 Å². The second-order valence-electron chi connectivity index (χ2n) is 3.39. The molecule has 0 radical (unpaired) electrons. The van der Waals surface area contributed by atoms with E-state index in [1.54, 1.807) is 6.21 Å². The van der Waals surface area contributed by atoms with Crippen LogP contribution in [0, 0.1) is 0 Å². The number of rotatable bonds is 3. The van der Waals surface area contributed by atoms with Crippen LogP contribution in [0.2, 0.25) is 0 Å². The number of amides is 1. The van der Waals surface area contributed by atoms with Gasteiger partial charge in [-0.15, -0.1) is 5.10 Å². The van der Waals surface area contributed by atoms with Crippen LogP contribution >= 0.6 is 11.8 Å². The average molecular weight is 249 g/mol. The van der Waals surface area contributed by atoms with E-state index in [1.807, 2.05) is 24.3 Å². The number of carbonyl (C=O) groups is 1. The van der Waals surface area contributed by atoms with Crippen molar-refractivity contribution in [2.75, 3.05) is 5.75 Å². The monoisotopic (exact) mass is 249 g/mol. The summed E-state index contributed by atoms with van der Waals surface area (Å²) < 4.78 is 0. The number of aliphatic hydroxyl groups is 1. The summed E-state index contributed by atoms with van der Waals surface area (Å²) >= 11 is 1.33. The summed E-state index contributed by atoms with van der Waals surface area (Å²) in [5.74, 6) is 0.357. The number of hydrogen-bond donors (Lipinski definition) is 2. The molecule has 0 saturated carbocycles. The molecule has 1 fully saturated rings. The van der Waals surface area contributed by atoms with Gasteiger partial charge in [-0.1, -0.05) is 36.0 Å². The van der Waals surface area contributed by atoms with E-state index in [0.717, 1.165) is 11.1 Å². The van der Waals surface area contributed by atoms with Gasteiger partial charge in [0.25, 0.3) is 0 Å². The number of benzene rings is 1. The normalized spacial score (nSPS) is 17.9. The Labute approximate surface area is 103 Å². The van der Waals surface area contributed by atoms with Crippen molar-refractivity contribution < 1.29 is 9.90 Å². The summed E-state index contributed by atoms with van der Waals surface area (Å²) in [6.07, 6.45) is 1.60. The molecule has 1 aliphatic heterocycles. The Morgan fingerprint density at radius 3 is 2.76 bits per heavy atom. The maximum atomic E-state index is 10.9. The largest absolute Gasteiger partial charge is 0.392 e. The summed E-state index contributed by atoms with van der Waals surface area (Å²) in [4.78, 5) is 10.9. The molecule has 0 aliphatic carbocycles. The van der Waals surface area contributed by atoms with Crippen LogP contribution in [0.4, 0.5) is 0 Å². The van der Waals surface area contributed by atoms with Crippen molar-refractivity contribution in [1.82, 2.24) is 5.32 Å². The minimum Gasteiger partial charge on any atom is -0.392 e. The van der Waals surface area contributed by atoms with Gasteiger partial charge in [0, 0.05) is 0 Å². The molecular weight excluding hydrogens is 238 g/mol. The van der Waals surface area contributed by atoms with Crippen molar-refractivity contribution in [2.45, 2.75) is 6.61 Å². The van der Waals surface area contributed by atoms with Crippen molar-refractivity contribution in [1.29, 1.82) is 0 Å². The quantitative estimate of drug-likeness (QED) is 0.612. The number of nitrogens with zero attached hydrogens (tertiary/aromatic N) is 2. The van der Waals surface area contributed by atoms with Gasteiger partial charge in [-0.05, 0) is 11.1 Å². The molecule has 0 unspecified atom stereocenters. The lowest BCUT2D eigenvalue weighted by molar-refractivity contribution is -0.116. The van der Waals surface area contributed by atoms with E-state index >= 15 is 0 Å². The SMILES string of the molecule is O=C1CSC(=NN=Cc2ccc(CO)cc2)N1. The topological polar surface area (TPSA) is 74.0 Å². The van der Waals surface area contributed by atoms with Gasteiger partial charge in [-0.25, -0.2) is 0 Å². The van der Waals surface area contributed by atoms with Crippen LogP contribution in [0.1, 0.15) is 11.1 Å². The van der Waals surface area contributed by atoms with E-state index in [0.29, 0.717) is 10.9 Å². The maximum Gasteiger partial charge on any atom is 0.236 e. The van der Waals surface area contributed by atoms with E-state index in [2.05, 4.69) is 15.5 Å². The average Bonchev–Trinajstić information content (AvgIpc) is 2.76. The summed E-state index contributed by atoms with van der Waals surface area (Å²) in [5, 5.41) is 19.7. The number of aliphatic hydroxyl groups excluding tert-OH is 1. The molecule has 1 amide bonds. The highest BCUT2D eigenvalue weighted by Gasteiger charge is 2.15. The highest BCUT2D eigenvalue weighted by molar-refractivity contribution is 8.15. The molecule has 6 heteroatoms. The first-order valence-corrected chi connectivity index (χ1v) is 6.00. The molecule has 0 atom stereocenters. The van der Waals surface area contributed by atoms with Gasteiger partial charge >= 0.3 is 0 Å². The van der Waals surface area contributed by atoms with Crippen LogP contribution in [0.3, 0.4) is 0 Å². The highest BCUT2D eigenvalue weighted by atomic mass is 32.2. The molecule has 1 saturated heterocycles. The van der Waals surface area contributed by atoms with Gasteiger partial charge in [-0.3, -0.25) is 4.79 Å². The first kappa shape index (κ1) is 11.8. The zero-order valence-electron chi connectivity index (χ0n) is 8.96. The zero-order valence-corrected chi connectivity index (χ0v) is 9.78. The Morgan fingerprint density at radius 1 is 1.41 bits per heavy atom. The van der Waals surface area contributed by atoms with Crippen molar-refractivity contribution in [3.63, 3.8) is 0 Å². The van der Waals surface area contributed by atoms with E-state index in [9.17, 15) is 4.79 Å². The lowest BCUT2D eigenvalue weighted by Gasteiger charge is -1.95. The third kappa shape index (κ3) is 3.40. The fourth-order valence-electron chi connectivity index (χ4n) is 1.24. The minimum atomic E-state index is -0.0451. The summed E-state index contributed by atoms with van der Waals surface area (Å²) in [6.45, 7) is 0.0302. The molecule has 2 rings (SSSR count). The number of hydrogen-bond acceptors (Lipinski definition) is 5. The fraction of sp³-hybridized carbons (Fsp3) is 0.182. The molecule has 1 heterocycles. The lowest BCUT2D eigenvalue weighted by Crippen LogP contribution is -2.19. The molecule has 5 nitrogen and oxygen atoms in total. The van der Waals surface area contributed by atoms with Crippen LogP contribution < -0.4 is 5.32 Å². The first-order chi connectivity index (χ1) is 8.28. The lowest BCUT2D eigenvalue weighted by atomic mass is 10.2. The zero-order chi connectivity index (χ0) is 12.1. The number of thioether (sulfide) groups is 1. The van der Waals surface area contributed by atoms with Gasteiger partial charge in [0.05, 0.1) is 18.6 Å². The predicted octanol–water partition coefficient (Wildman–Crippen LogP) is 0.732. The van der Waals surface area contributed by atoms with Crippen LogP contribution in [-0.4, -0.2) is 28.1 Å². The standard InChI is InChI=1S/C11H11N3O2S/c15-6-9-3-1-8(2-4-9)5-12-14-11-13-10(16)7-17-11/h1-5,15H,6-7H2,(H,13,14,16). The smallest absolute Gasteiger partial charge is 0.236 e. The molecule has 2 N–H and O–H groups in total. The van der Waals surface area contributed by atoms with Gasteiger partial charge in [0.15, 0.2) is 5.17 Å². The maximum absolute atomic E-state index is 10.9. The van der Waals surface area contributed by atoms with Crippen molar-refractivity contribution in [3.05, 3.63) is 35.4 Å². The number of carbonyl (C=O) groups excluding carboxylic acids is 1. The van der Waals surface area contributed by atoms with Crippen LogP contribution in [0.5, 0.6) is 0 Å². The Balaban J connectivity index is 1.98. The molecule has 0 aromatic heterocycles. The third-order valence-electron chi connectivity index (χ3n) is 2.10. The summed E-state index contributed by atoms with van der Waals surface area (Å²) in [6, 6.07) is 7.33. The molecule has 1 aromatic rings. The molecule has 1 aliphatic rings. The molecular formula is C11H11N3O2S. The second kappa shape index (κ2) is 5.60. The van der Waals surface area contributed by atoms with E-state index in [-0.39, 0.29) is 12.5 Å². The Kier molecular flexibility index (Phi) is 3.89. The molecule has 17 heavy (non-hydrogen) atoms.